The minimum absolute atomic E-state index is 0.331. The van der Waals surface area contributed by atoms with E-state index in [4.69, 9.17) is 4.74 Å². The summed E-state index contributed by atoms with van der Waals surface area (Å²) in [5.41, 5.74) is 0.419. The Labute approximate surface area is 90.3 Å². The molecule has 0 aromatic carbocycles. The molecule has 0 amide bonds. The van der Waals surface area contributed by atoms with Gasteiger partial charge in [-0.05, 0) is 13.3 Å². The quantitative estimate of drug-likeness (QED) is 0.698. The van der Waals surface area contributed by atoms with Gasteiger partial charge in [0.05, 0.1) is 6.61 Å². The number of esters is 1. The number of aryl methyl sites for hydroxylation is 2. The molecule has 0 unspecified atom stereocenters. The molecule has 0 radical (unpaired) electrons. The van der Waals surface area contributed by atoms with E-state index in [1.165, 1.54) is 0 Å². The summed E-state index contributed by atoms with van der Waals surface area (Å²) in [5, 5.41) is 0. The van der Waals surface area contributed by atoms with E-state index in [0.29, 0.717) is 12.3 Å². The van der Waals surface area contributed by atoms with Crippen molar-refractivity contribution in [1.29, 1.82) is 0 Å². The Morgan fingerprint density at radius 1 is 1.47 bits per heavy atom. The van der Waals surface area contributed by atoms with Gasteiger partial charge in [0.1, 0.15) is 5.82 Å². The second-order valence-corrected chi connectivity index (χ2v) is 3.31. The van der Waals surface area contributed by atoms with Crippen molar-refractivity contribution in [2.75, 3.05) is 6.61 Å². The van der Waals surface area contributed by atoms with Crippen LogP contribution in [0.3, 0.4) is 0 Å². The average Bonchev–Trinajstić information content (AvgIpc) is 2.62. The molecule has 1 aromatic rings. The highest BCUT2D eigenvalue weighted by Gasteiger charge is 2.13. The van der Waals surface area contributed by atoms with Gasteiger partial charge in [-0.1, -0.05) is 13.8 Å². The Bertz CT molecular complexity index is 331. The summed E-state index contributed by atoms with van der Waals surface area (Å²) in [6.45, 7) is 7.21. The van der Waals surface area contributed by atoms with Crippen molar-refractivity contribution in [3.63, 3.8) is 0 Å². The van der Waals surface area contributed by atoms with Gasteiger partial charge in [0.25, 0.3) is 0 Å². The summed E-state index contributed by atoms with van der Waals surface area (Å²) < 4.78 is 6.92. The van der Waals surface area contributed by atoms with E-state index < -0.39 is 0 Å². The van der Waals surface area contributed by atoms with Gasteiger partial charge in [-0.2, -0.15) is 0 Å². The third-order valence-corrected chi connectivity index (χ3v) is 2.12. The molecule has 0 spiro atoms. The van der Waals surface area contributed by atoms with E-state index in [9.17, 15) is 4.79 Å². The first kappa shape index (κ1) is 11.8. The van der Waals surface area contributed by atoms with E-state index in [1.807, 2.05) is 11.5 Å². The number of nitrogens with zero attached hydrogens (tertiary/aromatic N) is 2. The molecule has 0 bridgehead atoms. The van der Waals surface area contributed by atoms with Gasteiger partial charge in [-0.25, -0.2) is 9.78 Å². The molecule has 4 heteroatoms. The van der Waals surface area contributed by atoms with Crippen LogP contribution in [0.2, 0.25) is 0 Å². The van der Waals surface area contributed by atoms with Crippen LogP contribution in [-0.2, 0) is 17.7 Å². The molecule has 1 rings (SSSR count). The molecule has 0 atom stereocenters. The maximum absolute atomic E-state index is 11.4. The van der Waals surface area contributed by atoms with Gasteiger partial charge in [0.15, 0.2) is 5.69 Å². The van der Waals surface area contributed by atoms with Crippen LogP contribution < -0.4 is 0 Å². The van der Waals surface area contributed by atoms with Gasteiger partial charge in [0, 0.05) is 19.2 Å². The summed E-state index contributed by atoms with van der Waals surface area (Å²) in [6.07, 6.45) is 3.64. The molecule has 84 valence electrons. The summed E-state index contributed by atoms with van der Waals surface area (Å²) in [6, 6.07) is 0. The second kappa shape index (κ2) is 5.53. The van der Waals surface area contributed by atoms with Crippen LogP contribution in [0.4, 0.5) is 0 Å². The number of carbonyl (C=O) groups excluding carboxylic acids is 1. The molecule has 15 heavy (non-hydrogen) atoms. The molecule has 0 N–H and O–H groups in total. The van der Waals surface area contributed by atoms with Crippen LogP contribution >= 0.6 is 0 Å². The third-order valence-electron chi connectivity index (χ3n) is 2.12. The highest BCUT2D eigenvalue weighted by molar-refractivity contribution is 5.87. The van der Waals surface area contributed by atoms with E-state index in [1.54, 1.807) is 13.1 Å². The number of hydrogen-bond acceptors (Lipinski definition) is 3. The Morgan fingerprint density at radius 2 is 2.20 bits per heavy atom. The van der Waals surface area contributed by atoms with E-state index >= 15 is 0 Å². The van der Waals surface area contributed by atoms with Gasteiger partial charge >= 0.3 is 5.97 Å². The molecule has 0 fully saturated rings. The number of rotatable bonds is 5. The van der Waals surface area contributed by atoms with Crippen LogP contribution in [0.25, 0.3) is 0 Å². The lowest BCUT2D eigenvalue weighted by atomic mass is 10.4. The lowest BCUT2D eigenvalue weighted by Gasteiger charge is -2.01. The summed E-state index contributed by atoms with van der Waals surface area (Å²) in [7, 11) is 0. The second-order valence-electron chi connectivity index (χ2n) is 3.31. The van der Waals surface area contributed by atoms with Gasteiger partial charge in [-0.3, -0.25) is 0 Å². The van der Waals surface area contributed by atoms with Crippen molar-refractivity contribution in [2.24, 2.45) is 0 Å². The summed E-state index contributed by atoms with van der Waals surface area (Å²) in [4.78, 5) is 15.7. The average molecular weight is 210 g/mol. The van der Waals surface area contributed by atoms with Crippen LogP contribution in [0, 0.1) is 0 Å². The predicted octanol–water partition coefficient (Wildman–Crippen LogP) is 2.03. The highest BCUT2D eigenvalue weighted by Crippen LogP contribution is 2.07. The molecular formula is C11H18N2O2. The van der Waals surface area contributed by atoms with Crippen molar-refractivity contribution >= 4 is 5.97 Å². The Hall–Kier alpha value is -1.32. The van der Waals surface area contributed by atoms with Crippen molar-refractivity contribution in [1.82, 2.24) is 9.55 Å². The normalized spacial score (nSPS) is 10.3. The first-order chi connectivity index (χ1) is 7.22. The molecule has 0 aliphatic heterocycles. The van der Waals surface area contributed by atoms with Crippen molar-refractivity contribution in [3.05, 3.63) is 17.7 Å². The smallest absolute Gasteiger partial charge is 0.358 e. The fourth-order valence-corrected chi connectivity index (χ4v) is 1.47. The lowest BCUT2D eigenvalue weighted by Crippen LogP contribution is -2.04. The Morgan fingerprint density at radius 3 is 2.73 bits per heavy atom. The zero-order chi connectivity index (χ0) is 11.3. The lowest BCUT2D eigenvalue weighted by molar-refractivity contribution is 0.0520. The Balaban J connectivity index is 2.86. The zero-order valence-electron chi connectivity index (χ0n) is 9.62. The van der Waals surface area contributed by atoms with Crippen molar-refractivity contribution < 1.29 is 9.53 Å². The molecule has 0 saturated heterocycles. The zero-order valence-corrected chi connectivity index (χ0v) is 9.62. The van der Waals surface area contributed by atoms with Crippen LogP contribution in [0.15, 0.2) is 6.20 Å². The van der Waals surface area contributed by atoms with Gasteiger partial charge < -0.3 is 9.30 Å². The maximum atomic E-state index is 11.4. The molecule has 4 nitrogen and oxygen atoms in total. The SMILES string of the molecule is CCCn1cc(C(=O)OCC)nc1CC. The first-order valence-corrected chi connectivity index (χ1v) is 5.46. The molecule has 1 aromatic heterocycles. The summed E-state index contributed by atoms with van der Waals surface area (Å²) >= 11 is 0. The van der Waals surface area contributed by atoms with Crippen LogP contribution in [-0.4, -0.2) is 22.1 Å². The van der Waals surface area contributed by atoms with Gasteiger partial charge in [-0.15, -0.1) is 0 Å². The molecular weight excluding hydrogens is 192 g/mol. The van der Waals surface area contributed by atoms with Gasteiger partial charge in [0.2, 0.25) is 0 Å². The first-order valence-electron chi connectivity index (χ1n) is 5.46. The minimum atomic E-state index is -0.331. The van der Waals surface area contributed by atoms with Crippen molar-refractivity contribution in [3.8, 4) is 0 Å². The predicted molar refractivity (Wildman–Crippen MR) is 57.9 cm³/mol. The molecule has 0 saturated carbocycles. The minimum Gasteiger partial charge on any atom is -0.461 e. The van der Waals surface area contributed by atoms with E-state index in [-0.39, 0.29) is 5.97 Å². The van der Waals surface area contributed by atoms with Crippen LogP contribution in [0.5, 0.6) is 0 Å². The Kier molecular flexibility index (Phi) is 4.34. The number of aromatic nitrogens is 2. The van der Waals surface area contributed by atoms with E-state index in [2.05, 4.69) is 11.9 Å². The molecule has 0 aliphatic carbocycles. The maximum Gasteiger partial charge on any atom is 0.358 e. The number of imidazole rings is 1. The standard InChI is InChI=1S/C11H18N2O2/c1-4-7-13-8-9(11(14)15-6-3)12-10(13)5-2/h8H,4-7H2,1-3H3. The largest absolute Gasteiger partial charge is 0.461 e. The third kappa shape index (κ3) is 2.81. The molecule has 1 heterocycles. The highest BCUT2D eigenvalue weighted by atomic mass is 16.5. The van der Waals surface area contributed by atoms with Crippen molar-refractivity contribution in [2.45, 2.75) is 40.2 Å². The fraction of sp³-hybridized carbons (Fsp3) is 0.636. The van der Waals surface area contributed by atoms with Crippen LogP contribution in [0.1, 0.15) is 43.5 Å². The topological polar surface area (TPSA) is 44.1 Å². The number of hydrogen-bond donors (Lipinski definition) is 0. The molecule has 0 aliphatic rings. The summed E-state index contributed by atoms with van der Waals surface area (Å²) in [5.74, 6) is 0.613. The number of carbonyl (C=O) groups is 1. The number of ether oxygens (including phenoxy) is 1. The monoisotopic (exact) mass is 210 g/mol. The van der Waals surface area contributed by atoms with E-state index in [0.717, 1.165) is 25.2 Å². The fourth-order valence-electron chi connectivity index (χ4n) is 1.47.